The molecule has 4 nitrogen and oxygen atoms in total. The summed E-state index contributed by atoms with van der Waals surface area (Å²) < 4.78 is 0. The lowest BCUT2D eigenvalue weighted by molar-refractivity contribution is -0.113. The number of aldehydes is 1. The molecule has 2 aliphatic heterocycles. The van der Waals surface area contributed by atoms with E-state index in [0.717, 1.165) is 17.0 Å². The van der Waals surface area contributed by atoms with E-state index in [2.05, 4.69) is 4.99 Å². The van der Waals surface area contributed by atoms with Gasteiger partial charge in [0.2, 0.25) is 0 Å². The van der Waals surface area contributed by atoms with Crippen LogP contribution < -0.4 is 0 Å². The topological polar surface area (TPSA) is 49.7 Å². The SMILES string of the molecule is CC(=O)C1=CN2CC(C=O)=CN=C2SC1. The summed E-state index contributed by atoms with van der Waals surface area (Å²) in [5.74, 6) is 0.735. The second kappa shape index (κ2) is 4.02. The summed E-state index contributed by atoms with van der Waals surface area (Å²) in [5.41, 5.74) is 1.39. The second-order valence-corrected chi connectivity index (χ2v) is 4.30. The molecule has 0 aromatic rings. The van der Waals surface area contributed by atoms with E-state index in [0.29, 0.717) is 17.9 Å². The summed E-state index contributed by atoms with van der Waals surface area (Å²) in [6.45, 7) is 2.06. The van der Waals surface area contributed by atoms with Gasteiger partial charge in [0.05, 0.1) is 6.54 Å². The Kier molecular flexibility index (Phi) is 2.73. The molecule has 0 atom stereocenters. The van der Waals surface area contributed by atoms with Crippen molar-refractivity contribution in [2.75, 3.05) is 12.3 Å². The summed E-state index contributed by atoms with van der Waals surface area (Å²) in [4.78, 5) is 27.8. The van der Waals surface area contributed by atoms with E-state index < -0.39 is 0 Å². The molecule has 15 heavy (non-hydrogen) atoms. The number of ketones is 1. The van der Waals surface area contributed by atoms with E-state index in [1.165, 1.54) is 11.8 Å². The minimum Gasteiger partial charge on any atom is -0.323 e. The lowest BCUT2D eigenvalue weighted by atomic mass is 10.2. The molecule has 0 N–H and O–H groups in total. The maximum atomic E-state index is 11.2. The van der Waals surface area contributed by atoms with Crippen LogP contribution in [-0.4, -0.2) is 34.4 Å². The number of thioether (sulfide) groups is 1. The largest absolute Gasteiger partial charge is 0.323 e. The van der Waals surface area contributed by atoms with Gasteiger partial charge in [0.15, 0.2) is 11.0 Å². The van der Waals surface area contributed by atoms with Gasteiger partial charge in [-0.3, -0.25) is 9.59 Å². The molecule has 2 heterocycles. The standard InChI is InChI=1S/C10H10N2O2S/c1-7(14)9-4-12-3-8(5-13)2-11-10(12)15-6-9/h2,4-5H,3,6H2,1H3. The van der Waals surface area contributed by atoms with Crippen LogP contribution in [0.4, 0.5) is 0 Å². The average molecular weight is 222 g/mol. The van der Waals surface area contributed by atoms with Crippen LogP contribution in [0.2, 0.25) is 0 Å². The van der Waals surface area contributed by atoms with Gasteiger partial charge in [0, 0.05) is 29.3 Å². The Hall–Kier alpha value is -1.36. The highest BCUT2D eigenvalue weighted by Crippen LogP contribution is 2.24. The third-order valence-electron chi connectivity index (χ3n) is 2.21. The van der Waals surface area contributed by atoms with E-state index in [-0.39, 0.29) is 5.78 Å². The van der Waals surface area contributed by atoms with Gasteiger partial charge in [-0.1, -0.05) is 11.8 Å². The summed E-state index contributed by atoms with van der Waals surface area (Å²) in [6, 6.07) is 0. The Morgan fingerprint density at radius 1 is 1.67 bits per heavy atom. The molecule has 0 saturated carbocycles. The van der Waals surface area contributed by atoms with Crippen LogP contribution in [0.15, 0.2) is 28.5 Å². The van der Waals surface area contributed by atoms with Crippen molar-refractivity contribution >= 4 is 29.0 Å². The number of fused-ring (bicyclic) bond motifs is 1. The van der Waals surface area contributed by atoms with E-state index in [9.17, 15) is 9.59 Å². The fraction of sp³-hybridized carbons (Fsp3) is 0.300. The highest BCUT2D eigenvalue weighted by molar-refractivity contribution is 8.14. The van der Waals surface area contributed by atoms with Gasteiger partial charge in [-0.05, 0) is 6.92 Å². The van der Waals surface area contributed by atoms with E-state index in [1.807, 2.05) is 4.90 Å². The molecule has 0 amide bonds. The number of carbonyl (C=O) groups excluding carboxylic acids is 2. The molecular formula is C10H10N2O2S. The summed E-state index contributed by atoms with van der Waals surface area (Å²) >= 11 is 1.52. The quantitative estimate of drug-likeness (QED) is 0.653. The second-order valence-electron chi connectivity index (χ2n) is 3.36. The van der Waals surface area contributed by atoms with E-state index >= 15 is 0 Å². The molecule has 0 aromatic heterocycles. The minimum atomic E-state index is 0.0729. The molecule has 78 valence electrons. The monoisotopic (exact) mass is 222 g/mol. The van der Waals surface area contributed by atoms with Crippen LogP contribution in [0, 0.1) is 0 Å². The molecule has 0 bridgehead atoms. The molecule has 0 fully saturated rings. The van der Waals surface area contributed by atoms with Crippen molar-refractivity contribution in [3.8, 4) is 0 Å². The molecule has 0 aromatic carbocycles. The molecule has 2 aliphatic rings. The summed E-state index contributed by atoms with van der Waals surface area (Å²) in [6.07, 6.45) is 4.16. The highest BCUT2D eigenvalue weighted by Gasteiger charge is 2.22. The summed E-state index contributed by atoms with van der Waals surface area (Å²) in [5, 5.41) is 0.852. The van der Waals surface area contributed by atoms with Crippen LogP contribution in [0.3, 0.4) is 0 Å². The van der Waals surface area contributed by atoms with Gasteiger partial charge in [-0.15, -0.1) is 0 Å². The molecular weight excluding hydrogens is 212 g/mol. The van der Waals surface area contributed by atoms with E-state index in [4.69, 9.17) is 0 Å². The first-order valence-corrected chi connectivity index (χ1v) is 5.52. The Balaban J connectivity index is 2.25. The lowest BCUT2D eigenvalue weighted by Gasteiger charge is -2.28. The van der Waals surface area contributed by atoms with Gasteiger partial charge in [0.25, 0.3) is 0 Å². The van der Waals surface area contributed by atoms with Crippen molar-refractivity contribution in [2.24, 2.45) is 4.99 Å². The van der Waals surface area contributed by atoms with Crippen molar-refractivity contribution in [2.45, 2.75) is 6.92 Å². The Morgan fingerprint density at radius 2 is 2.47 bits per heavy atom. The predicted molar refractivity (Wildman–Crippen MR) is 59.5 cm³/mol. The maximum absolute atomic E-state index is 11.2. The van der Waals surface area contributed by atoms with Gasteiger partial charge in [0.1, 0.15) is 6.29 Å². The first kappa shape index (κ1) is 10.2. The smallest absolute Gasteiger partial charge is 0.168 e. The van der Waals surface area contributed by atoms with Crippen LogP contribution in [0.1, 0.15) is 6.92 Å². The number of hydrogen-bond donors (Lipinski definition) is 0. The van der Waals surface area contributed by atoms with Crippen molar-refractivity contribution in [3.05, 3.63) is 23.5 Å². The maximum Gasteiger partial charge on any atom is 0.168 e. The fourth-order valence-electron chi connectivity index (χ4n) is 1.37. The first-order chi connectivity index (χ1) is 7.20. The molecule has 0 saturated heterocycles. The first-order valence-electron chi connectivity index (χ1n) is 4.54. The zero-order valence-corrected chi connectivity index (χ0v) is 9.08. The normalized spacial score (nSPS) is 19.8. The molecule has 0 radical (unpaired) electrons. The van der Waals surface area contributed by atoms with Gasteiger partial charge in [-0.2, -0.15) is 0 Å². The number of aliphatic imine (C=N–C) groups is 1. The van der Waals surface area contributed by atoms with Crippen LogP contribution in [-0.2, 0) is 9.59 Å². The summed E-state index contributed by atoms with van der Waals surface area (Å²) in [7, 11) is 0. The van der Waals surface area contributed by atoms with Crippen LogP contribution in [0.5, 0.6) is 0 Å². The molecule has 0 spiro atoms. The van der Waals surface area contributed by atoms with Crippen molar-refractivity contribution in [3.63, 3.8) is 0 Å². The average Bonchev–Trinajstić information content (AvgIpc) is 2.27. The third kappa shape index (κ3) is 2.02. The molecule has 0 aliphatic carbocycles. The minimum absolute atomic E-state index is 0.0729. The van der Waals surface area contributed by atoms with E-state index in [1.54, 1.807) is 19.3 Å². The molecule has 2 rings (SSSR count). The Labute approximate surface area is 91.7 Å². The zero-order chi connectivity index (χ0) is 10.8. The van der Waals surface area contributed by atoms with Crippen molar-refractivity contribution in [1.29, 1.82) is 0 Å². The van der Waals surface area contributed by atoms with Gasteiger partial charge >= 0.3 is 0 Å². The third-order valence-corrected chi connectivity index (χ3v) is 3.26. The Bertz CT molecular complexity index is 410. The number of nitrogens with zero attached hydrogens (tertiary/aromatic N) is 2. The number of amidine groups is 1. The van der Waals surface area contributed by atoms with Gasteiger partial charge < -0.3 is 4.90 Å². The number of carbonyl (C=O) groups is 2. The highest BCUT2D eigenvalue weighted by atomic mass is 32.2. The number of Topliss-reactive ketones (excluding diaryl/α,β-unsaturated/α-hetero) is 1. The zero-order valence-electron chi connectivity index (χ0n) is 8.27. The fourth-order valence-corrected chi connectivity index (χ4v) is 2.34. The number of hydrogen-bond acceptors (Lipinski definition) is 5. The van der Waals surface area contributed by atoms with Crippen molar-refractivity contribution in [1.82, 2.24) is 4.90 Å². The Morgan fingerprint density at radius 3 is 3.13 bits per heavy atom. The predicted octanol–water partition coefficient (Wildman–Crippen LogP) is 0.961. The van der Waals surface area contributed by atoms with Crippen LogP contribution in [0.25, 0.3) is 0 Å². The van der Waals surface area contributed by atoms with Crippen LogP contribution >= 0.6 is 11.8 Å². The number of rotatable bonds is 2. The molecule has 5 heteroatoms. The van der Waals surface area contributed by atoms with Crippen molar-refractivity contribution < 1.29 is 9.59 Å². The molecule has 0 unspecified atom stereocenters. The lowest BCUT2D eigenvalue weighted by Crippen LogP contribution is -2.32. The van der Waals surface area contributed by atoms with Gasteiger partial charge in [-0.25, -0.2) is 4.99 Å².